The molecular weight excluding hydrogens is 390 g/mol. The summed E-state index contributed by atoms with van der Waals surface area (Å²) in [5.74, 6) is 0.327. The number of hydrogen-bond acceptors (Lipinski definition) is 3. The number of anilines is 1. The van der Waals surface area contributed by atoms with Gasteiger partial charge in [0.25, 0.3) is 0 Å². The van der Waals surface area contributed by atoms with Crippen LogP contribution >= 0.6 is 15.9 Å². The third kappa shape index (κ3) is 4.47. The van der Waals surface area contributed by atoms with Crippen LogP contribution in [-0.4, -0.2) is 13.1 Å². The lowest BCUT2D eigenvalue weighted by Crippen LogP contribution is -2.24. The molecular formula is C22H26BrNO2. The molecule has 1 atom stereocenters. The van der Waals surface area contributed by atoms with Crippen molar-refractivity contribution in [3.05, 3.63) is 63.6 Å². The lowest BCUT2D eigenvalue weighted by molar-refractivity contribution is 0.0601. The Hall–Kier alpha value is -1.81. The number of nitrogens with one attached hydrogen (secondary N) is 1. The van der Waals surface area contributed by atoms with Gasteiger partial charge in [0.15, 0.2) is 0 Å². The van der Waals surface area contributed by atoms with Crippen molar-refractivity contribution in [3.63, 3.8) is 0 Å². The number of halogens is 1. The second kappa shape index (κ2) is 8.72. The Morgan fingerprint density at radius 3 is 2.42 bits per heavy atom. The molecule has 1 aliphatic carbocycles. The van der Waals surface area contributed by atoms with Crippen LogP contribution in [0.4, 0.5) is 5.69 Å². The summed E-state index contributed by atoms with van der Waals surface area (Å²) in [4.78, 5) is 11.6. The van der Waals surface area contributed by atoms with E-state index in [2.05, 4.69) is 46.4 Å². The van der Waals surface area contributed by atoms with Gasteiger partial charge in [-0.05, 0) is 73.2 Å². The van der Waals surface area contributed by atoms with Gasteiger partial charge in [-0.2, -0.15) is 0 Å². The maximum absolute atomic E-state index is 11.6. The number of methoxy groups -OCH3 is 1. The van der Waals surface area contributed by atoms with E-state index < -0.39 is 0 Å². The van der Waals surface area contributed by atoms with Crippen molar-refractivity contribution in [2.45, 2.75) is 45.1 Å². The zero-order valence-corrected chi connectivity index (χ0v) is 17.0. The number of carbonyl (C=O) groups excluding carboxylic acids is 1. The predicted octanol–water partition coefficient (Wildman–Crippen LogP) is 6.28. The van der Waals surface area contributed by atoms with E-state index in [9.17, 15) is 4.79 Å². The lowest BCUT2D eigenvalue weighted by atomic mass is 9.80. The molecule has 138 valence electrons. The van der Waals surface area contributed by atoms with Crippen LogP contribution < -0.4 is 5.32 Å². The van der Waals surface area contributed by atoms with Crippen molar-refractivity contribution in [2.24, 2.45) is 5.92 Å². The van der Waals surface area contributed by atoms with E-state index >= 15 is 0 Å². The van der Waals surface area contributed by atoms with Crippen molar-refractivity contribution >= 4 is 27.6 Å². The van der Waals surface area contributed by atoms with E-state index in [1.54, 1.807) is 0 Å². The number of rotatable bonds is 5. The van der Waals surface area contributed by atoms with Gasteiger partial charge in [-0.1, -0.05) is 41.3 Å². The van der Waals surface area contributed by atoms with Crippen LogP contribution in [0.5, 0.6) is 0 Å². The smallest absolute Gasteiger partial charge is 0.337 e. The average Bonchev–Trinajstić information content (AvgIpc) is 2.67. The van der Waals surface area contributed by atoms with Crippen molar-refractivity contribution in [1.29, 1.82) is 0 Å². The number of carbonyl (C=O) groups is 1. The summed E-state index contributed by atoms with van der Waals surface area (Å²) in [6.07, 6.45) is 6.47. The van der Waals surface area contributed by atoms with Crippen LogP contribution in [0.15, 0.2) is 46.9 Å². The minimum absolute atomic E-state index is 0.285. The topological polar surface area (TPSA) is 38.3 Å². The minimum atomic E-state index is -0.302. The molecule has 4 heteroatoms. The third-order valence-electron chi connectivity index (χ3n) is 5.32. The Bertz CT molecular complexity index is 751. The van der Waals surface area contributed by atoms with Crippen LogP contribution in [-0.2, 0) is 4.74 Å². The Morgan fingerprint density at radius 1 is 1.12 bits per heavy atom. The number of benzene rings is 2. The monoisotopic (exact) mass is 415 g/mol. The molecule has 0 radical (unpaired) electrons. The summed E-state index contributed by atoms with van der Waals surface area (Å²) in [5.41, 5.74) is 4.27. The van der Waals surface area contributed by atoms with Gasteiger partial charge in [0, 0.05) is 10.2 Å². The summed E-state index contributed by atoms with van der Waals surface area (Å²) in [6, 6.07) is 14.4. The van der Waals surface area contributed by atoms with E-state index in [4.69, 9.17) is 4.74 Å². The molecule has 1 N–H and O–H groups in total. The van der Waals surface area contributed by atoms with Crippen LogP contribution in [0.25, 0.3) is 0 Å². The molecule has 2 aromatic carbocycles. The second-order valence-electron chi connectivity index (χ2n) is 7.09. The quantitative estimate of drug-likeness (QED) is 0.583. The van der Waals surface area contributed by atoms with Gasteiger partial charge in [-0.15, -0.1) is 0 Å². The SMILES string of the molecule is COC(=O)c1ccc(NC(c2ccc(Br)cc2C)C2CCCCC2)cc1. The van der Waals surface area contributed by atoms with Crippen molar-refractivity contribution in [2.75, 3.05) is 12.4 Å². The normalized spacial score (nSPS) is 16.1. The molecule has 0 heterocycles. The molecule has 2 aromatic rings. The standard InChI is InChI=1S/C22H26BrNO2/c1-15-14-18(23)10-13-20(15)21(16-6-4-3-5-7-16)24-19-11-8-17(9-12-19)22(25)26-2/h8-14,16,21,24H,3-7H2,1-2H3. The summed E-state index contributed by atoms with van der Waals surface area (Å²) in [7, 11) is 1.41. The van der Waals surface area contributed by atoms with Gasteiger partial charge in [-0.3, -0.25) is 0 Å². The van der Waals surface area contributed by atoms with Crippen LogP contribution in [0.2, 0.25) is 0 Å². The van der Waals surface area contributed by atoms with Crippen LogP contribution in [0.3, 0.4) is 0 Å². The first kappa shape index (κ1) is 19.0. The molecule has 0 bridgehead atoms. The number of hydrogen-bond donors (Lipinski definition) is 1. The molecule has 0 aromatic heterocycles. The van der Waals surface area contributed by atoms with Gasteiger partial charge in [0.1, 0.15) is 0 Å². The molecule has 1 aliphatic rings. The highest BCUT2D eigenvalue weighted by atomic mass is 79.9. The molecule has 0 aliphatic heterocycles. The van der Waals surface area contributed by atoms with Gasteiger partial charge >= 0.3 is 5.97 Å². The largest absolute Gasteiger partial charge is 0.465 e. The highest BCUT2D eigenvalue weighted by Gasteiger charge is 2.26. The Morgan fingerprint density at radius 2 is 1.81 bits per heavy atom. The van der Waals surface area contributed by atoms with Crippen LogP contribution in [0.1, 0.15) is 59.6 Å². The fourth-order valence-corrected chi connectivity index (χ4v) is 4.38. The second-order valence-corrected chi connectivity index (χ2v) is 8.01. The highest BCUT2D eigenvalue weighted by Crippen LogP contribution is 2.38. The molecule has 1 saturated carbocycles. The molecule has 1 unspecified atom stereocenters. The van der Waals surface area contributed by atoms with Crippen LogP contribution in [0, 0.1) is 12.8 Å². The van der Waals surface area contributed by atoms with Gasteiger partial charge < -0.3 is 10.1 Å². The summed E-state index contributed by atoms with van der Waals surface area (Å²) in [5, 5.41) is 3.74. The first-order chi connectivity index (χ1) is 12.6. The molecule has 0 saturated heterocycles. The molecule has 26 heavy (non-hydrogen) atoms. The van der Waals surface area contributed by atoms with Crippen molar-refractivity contribution in [1.82, 2.24) is 0 Å². The third-order valence-corrected chi connectivity index (χ3v) is 5.81. The highest BCUT2D eigenvalue weighted by molar-refractivity contribution is 9.10. The van der Waals surface area contributed by atoms with E-state index in [0.29, 0.717) is 11.5 Å². The zero-order chi connectivity index (χ0) is 18.5. The number of aryl methyl sites for hydroxylation is 1. The van der Waals surface area contributed by atoms with E-state index in [-0.39, 0.29) is 12.0 Å². The molecule has 3 rings (SSSR count). The predicted molar refractivity (Wildman–Crippen MR) is 110 cm³/mol. The molecule has 0 spiro atoms. The molecule has 3 nitrogen and oxygen atoms in total. The maximum atomic E-state index is 11.6. The fourth-order valence-electron chi connectivity index (χ4n) is 3.91. The Balaban J connectivity index is 1.86. The first-order valence-electron chi connectivity index (χ1n) is 9.29. The molecule has 0 amide bonds. The van der Waals surface area contributed by atoms with Gasteiger partial charge in [0.2, 0.25) is 0 Å². The summed E-state index contributed by atoms with van der Waals surface area (Å²) >= 11 is 3.57. The van der Waals surface area contributed by atoms with E-state index in [1.807, 2.05) is 24.3 Å². The first-order valence-corrected chi connectivity index (χ1v) is 10.1. The Kier molecular flexibility index (Phi) is 6.36. The average molecular weight is 416 g/mol. The molecule has 1 fully saturated rings. The van der Waals surface area contributed by atoms with E-state index in [1.165, 1.54) is 50.3 Å². The Labute approximate surface area is 164 Å². The van der Waals surface area contributed by atoms with Crippen molar-refractivity contribution in [3.8, 4) is 0 Å². The maximum Gasteiger partial charge on any atom is 0.337 e. The van der Waals surface area contributed by atoms with Crippen molar-refractivity contribution < 1.29 is 9.53 Å². The van der Waals surface area contributed by atoms with E-state index in [0.717, 1.165) is 10.2 Å². The minimum Gasteiger partial charge on any atom is -0.465 e. The fraction of sp³-hybridized carbons (Fsp3) is 0.409. The van der Waals surface area contributed by atoms with Gasteiger partial charge in [-0.25, -0.2) is 4.79 Å². The zero-order valence-electron chi connectivity index (χ0n) is 15.4. The summed E-state index contributed by atoms with van der Waals surface area (Å²) < 4.78 is 5.90. The van der Waals surface area contributed by atoms with Gasteiger partial charge in [0.05, 0.1) is 18.7 Å². The number of ether oxygens (including phenoxy) is 1. The summed E-state index contributed by atoms with van der Waals surface area (Å²) in [6.45, 7) is 2.18. The lowest BCUT2D eigenvalue weighted by Gasteiger charge is -2.33. The number of esters is 1.